The summed E-state index contributed by atoms with van der Waals surface area (Å²) in [4.78, 5) is 31.1. The van der Waals surface area contributed by atoms with Crippen LogP contribution >= 0.6 is 0 Å². The van der Waals surface area contributed by atoms with Crippen LogP contribution in [0.1, 0.15) is 80.9 Å². The average molecular weight is 453 g/mol. The lowest BCUT2D eigenvalue weighted by atomic mass is 9.63. The molecule has 0 saturated heterocycles. The van der Waals surface area contributed by atoms with Crippen LogP contribution in [-0.4, -0.2) is 39.2 Å². The van der Waals surface area contributed by atoms with Gasteiger partial charge in [0, 0.05) is 5.56 Å². The van der Waals surface area contributed by atoms with Gasteiger partial charge >= 0.3 is 11.9 Å². The fraction of sp³-hybridized carbons (Fsp3) is 0.423. The Morgan fingerprint density at radius 3 is 2.18 bits per heavy atom. The van der Waals surface area contributed by atoms with Crippen molar-refractivity contribution >= 4 is 17.6 Å². The van der Waals surface area contributed by atoms with E-state index in [-0.39, 0.29) is 28.5 Å². The smallest absolute Gasteiger partial charge is 0.363 e. The number of nitrogens with zero attached hydrogens (tertiary/aromatic N) is 2. The Kier molecular flexibility index (Phi) is 6.93. The van der Waals surface area contributed by atoms with Crippen molar-refractivity contribution in [2.75, 3.05) is 0 Å². The summed E-state index contributed by atoms with van der Waals surface area (Å²) >= 11 is 0. The zero-order valence-electron chi connectivity index (χ0n) is 19.8. The van der Waals surface area contributed by atoms with E-state index in [1.165, 1.54) is 17.7 Å². The molecule has 3 rings (SSSR count). The number of benzene rings is 2. The molecule has 2 aromatic carbocycles. The summed E-state index contributed by atoms with van der Waals surface area (Å²) in [5, 5.41) is 24.0. The van der Waals surface area contributed by atoms with E-state index in [1.807, 2.05) is 12.1 Å². The maximum absolute atomic E-state index is 13.3. The Bertz CT molecular complexity index is 1060. The highest BCUT2D eigenvalue weighted by Gasteiger charge is 2.38. The summed E-state index contributed by atoms with van der Waals surface area (Å²) in [6.45, 7) is 10.3. The van der Waals surface area contributed by atoms with Crippen molar-refractivity contribution < 1.29 is 24.7 Å². The third kappa shape index (κ3) is 4.93. The lowest BCUT2D eigenvalue weighted by Gasteiger charge is -2.42. The summed E-state index contributed by atoms with van der Waals surface area (Å²) < 4.78 is 0. The Labute approximate surface area is 194 Å². The topological polar surface area (TPSA) is 99.4 Å². The Morgan fingerprint density at radius 1 is 1.00 bits per heavy atom. The predicted molar refractivity (Wildman–Crippen MR) is 125 cm³/mol. The number of hydrogen-bond donors (Lipinski definition) is 2. The molecule has 0 aromatic heterocycles. The minimum Gasteiger partial charge on any atom is -0.410 e. The molecule has 1 unspecified atom stereocenters. The van der Waals surface area contributed by atoms with Crippen LogP contribution < -0.4 is 0 Å². The van der Waals surface area contributed by atoms with E-state index in [2.05, 4.69) is 32.9 Å². The van der Waals surface area contributed by atoms with Crippen LogP contribution in [0.25, 0.3) is 0 Å². The molecule has 0 spiro atoms. The number of aliphatic hydroxyl groups is 1. The van der Waals surface area contributed by atoms with Gasteiger partial charge in [0.2, 0.25) is 0 Å². The predicted octanol–water partition coefficient (Wildman–Crippen LogP) is 4.54. The average Bonchev–Trinajstić information content (AvgIpc) is 2.81. The maximum atomic E-state index is 13.3. The highest BCUT2D eigenvalue weighted by molar-refractivity contribution is 6.45. The molecule has 0 bridgehead atoms. The standard InChI is InChI=1S/C26H32N2O5/c1-6-21(29)28(33-24(31)17-10-8-7-9-11-17)23(30)22(27-32)18-12-13-19-20(16-18)26(4,5)15-14-25(19,2)3/h7-13,16,21,29,32H,6,14-15H2,1-5H3. The fourth-order valence-electron chi connectivity index (χ4n) is 4.18. The van der Waals surface area contributed by atoms with Gasteiger partial charge in [0.25, 0.3) is 0 Å². The van der Waals surface area contributed by atoms with Gasteiger partial charge in [0.1, 0.15) is 0 Å². The number of hydrogen-bond acceptors (Lipinski definition) is 6. The molecule has 0 aliphatic heterocycles. The molecule has 7 heteroatoms. The molecule has 1 aliphatic rings. The first-order valence-corrected chi connectivity index (χ1v) is 11.2. The van der Waals surface area contributed by atoms with Crippen molar-refractivity contribution in [3.05, 3.63) is 70.8 Å². The van der Waals surface area contributed by atoms with E-state index < -0.39 is 18.1 Å². The Morgan fingerprint density at radius 2 is 1.61 bits per heavy atom. The van der Waals surface area contributed by atoms with E-state index in [0.717, 1.165) is 18.4 Å². The second kappa shape index (κ2) is 9.35. The zero-order valence-corrected chi connectivity index (χ0v) is 19.8. The van der Waals surface area contributed by atoms with Crippen molar-refractivity contribution in [2.45, 2.75) is 70.9 Å². The molecule has 2 N–H and O–H groups in total. The van der Waals surface area contributed by atoms with Crippen LogP contribution in [0.15, 0.2) is 53.7 Å². The molecule has 0 radical (unpaired) electrons. The molecule has 7 nitrogen and oxygen atoms in total. The minimum atomic E-state index is -1.41. The van der Waals surface area contributed by atoms with Crippen LogP contribution in [0.5, 0.6) is 0 Å². The van der Waals surface area contributed by atoms with Gasteiger partial charge in [-0.1, -0.05) is 70.1 Å². The van der Waals surface area contributed by atoms with Crippen LogP contribution in [-0.2, 0) is 20.5 Å². The molecule has 0 heterocycles. The van der Waals surface area contributed by atoms with E-state index in [9.17, 15) is 19.9 Å². The van der Waals surface area contributed by atoms with Gasteiger partial charge in [-0.2, -0.15) is 0 Å². The van der Waals surface area contributed by atoms with Crippen LogP contribution in [0.3, 0.4) is 0 Å². The van der Waals surface area contributed by atoms with Gasteiger partial charge in [0.05, 0.1) is 5.56 Å². The molecule has 0 fully saturated rings. The van der Waals surface area contributed by atoms with E-state index >= 15 is 0 Å². The highest BCUT2D eigenvalue weighted by atomic mass is 16.7. The summed E-state index contributed by atoms with van der Waals surface area (Å²) in [7, 11) is 0. The zero-order chi connectivity index (χ0) is 24.4. The molecule has 33 heavy (non-hydrogen) atoms. The van der Waals surface area contributed by atoms with E-state index in [0.29, 0.717) is 10.6 Å². The lowest BCUT2D eigenvalue weighted by Crippen LogP contribution is -2.45. The number of carbonyl (C=O) groups is 2. The second-order valence-electron chi connectivity index (χ2n) is 9.74. The first-order chi connectivity index (χ1) is 15.5. The van der Waals surface area contributed by atoms with Gasteiger partial charge in [-0.15, -0.1) is 5.06 Å². The molecule has 1 atom stereocenters. The first kappa shape index (κ1) is 24.5. The van der Waals surface area contributed by atoms with Gasteiger partial charge < -0.3 is 15.2 Å². The van der Waals surface area contributed by atoms with Gasteiger partial charge in [-0.05, 0) is 59.4 Å². The van der Waals surface area contributed by atoms with Crippen LogP contribution in [0.4, 0.5) is 0 Å². The van der Waals surface area contributed by atoms with E-state index in [1.54, 1.807) is 31.2 Å². The number of aliphatic hydroxyl groups excluding tert-OH is 1. The Balaban J connectivity index is 1.97. The van der Waals surface area contributed by atoms with Crippen molar-refractivity contribution in [3.8, 4) is 0 Å². The van der Waals surface area contributed by atoms with Crippen molar-refractivity contribution in [3.63, 3.8) is 0 Å². The molecule has 2 aromatic rings. The number of carbonyl (C=O) groups excluding carboxylic acids is 2. The minimum absolute atomic E-state index is 0.0143. The summed E-state index contributed by atoms with van der Waals surface area (Å²) in [5.74, 6) is -1.72. The summed E-state index contributed by atoms with van der Waals surface area (Å²) in [5.41, 5.74) is 2.43. The van der Waals surface area contributed by atoms with Gasteiger partial charge in [-0.3, -0.25) is 4.79 Å². The molecule has 1 amide bonds. The Hall–Kier alpha value is -3.19. The third-order valence-corrected chi connectivity index (χ3v) is 6.46. The lowest BCUT2D eigenvalue weighted by molar-refractivity contribution is -0.200. The first-order valence-electron chi connectivity index (χ1n) is 11.2. The third-order valence-electron chi connectivity index (χ3n) is 6.46. The van der Waals surface area contributed by atoms with Crippen LogP contribution in [0.2, 0.25) is 0 Å². The normalized spacial score (nSPS) is 17.6. The molecular formula is C26H32N2O5. The number of amides is 1. The highest BCUT2D eigenvalue weighted by Crippen LogP contribution is 2.46. The number of hydroxylamine groups is 2. The van der Waals surface area contributed by atoms with Gasteiger partial charge in [-0.25, -0.2) is 4.79 Å². The fourth-order valence-corrected chi connectivity index (χ4v) is 4.18. The quantitative estimate of drug-likeness (QED) is 0.300. The molecule has 1 aliphatic carbocycles. The monoisotopic (exact) mass is 452 g/mol. The SMILES string of the molecule is CCC(O)N(OC(=O)c1ccccc1)C(=O)C(=NO)c1ccc2c(c1)C(C)(C)CCC2(C)C. The van der Waals surface area contributed by atoms with Crippen molar-refractivity contribution in [1.82, 2.24) is 5.06 Å². The molecule has 0 saturated carbocycles. The maximum Gasteiger partial charge on any atom is 0.363 e. The molecular weight excluding hydrogens is 420 g/mol. The van der Waals surface area contributed by atoms with E-state index in [4.69, 9.17) is 4.84 Å². The number of rotatable bonds is 5. The van der Waals surface area contributed by atoms with Crippen molar-refractivity contribution in [2.24, 2.45) is 5.16 Å². The second-order valence-corrected chi connectivity index (χ2v) is 9.74. The molecule has 176 valence electrons. The number of oxime groups is 1. The summed E-state index contributed by atoms with van der Waals surface area (Å²) in [6.07, 6.45) is 0.719. The summed E-state index contributed by atoms with van der Waals surface area (Å²) in [6, 6.07) is 13.7. The van der Waals surface area contributed by atoms with Crippen molar-refractivity contribution in [1.29, 1.82) is 0 Å². The van der Waals surface area contributed by atoms with Gasteiger partial charge in [0.15, 0.2) is 11.9 Å². The van der Waals surface area contributed by atoms with Crippen LogP contribution in [0, 0.1) is 0 Å². The number of fused-ring (bicyclic) bond motifs is 1. The largest absolute Gasteiger partial charge is 0.410 e.